The quantitative estimate of drug-likeness (QED) is 0.385. The van der Waals surface area contributed by atoms with Gasteiger partial charge < -0.3 is 5.32 Å². The maximum atomic E-state index is 13.9. The van der Waals surface area contributed by atoms with Crippen molar-refractivity contribution in [2.24, 2.45) is 0 Å². The molecule has 1 aromatic heterocycles. The summed E-state index contributed by atoms with van der Waals surface area (Å²) in [6.07, 6.45) is 0. The molecule has 0 saturated carbocycles. The molecule has 0 fully saturated rings. The van der Waals surface area contributed by atoms with Crippen molar-refractivity contribution in [2.75, 3.05) is 5.32 Å². The number of aryl methyl sites for hydroxylation is 1. The van der Waals surface area contributed by atoms with E-state index in [2.05, 4.69) is 10.4 Å². The third-order valence-electron chi connectivity index (χ3n) is 4.32. The van der Waals surface area contributed by atoms with Crippen molar-refractivity contribution in [1.29, 1.82) is 0 Å². The molecule has 4 nitrogen and oxygen atoms in total. The van der Waals surface area contributed by atoms with Crippen LogP contribution in [-0.4, -0.2) is 15.7 Å². The number of aromatic nitrogens is 2. The van der Waals surface area contributed by atoms with Gasteiger partial charge in [-0.15, -0.1) is 0 Å². The van der Waals surface area contributed by atoms with Crippen LogP contribution in [0.3, 0.4) is 0 Å². The molecule has 2 aromatic carbocycles. The number of anilines is 1. The van der Waals surface area contributed by atoms with Crippen molar-refractivity contribution in [3.05, 3.63) is 81.7 Å². The van der Waals surface area contributed by atoms with Crippen LogP contribution in [0.4, 0.5) is 32.0 Å². The summed E-state index contributed by atoms with van der Waals surface area (Å²) >= 11 is 0. The summed E-state index contributed by atoms with van der Waals surface area (Å²) in [5, 5.41) is 6.49. The first-order valence-corrected chi connectivity index (χ1v) is 8.23. The van der Waals surface area contributed by atoms with Gasteiger partial charge in [-0.3, -0.25) is 9.48 Å². The van der Waals surface area contributed by atoms with Gasteiger partial charge in [0.1, 0.15) is 5.82 Å². The Bertz CT molecular complexity index is 1100. The van der Waals surface area contributed by atoms with E-state index in [0.717, 1.165) is 16.8 Å². The summed E-state index contributed by atoms with van der Waals surface area (Å²) in [7, 11) is 0. The van der Waals surface area contributed by atoms with Crippen molar-refractivity contribution in [2.45, 2.75) is 20.4 Å². The van der Waals surface area contributed by atoms with Gasteiger partial charge in [-0.2, -0.15) is 5.10 Å². The average molecular weight is 413 g/mol. The van der Waals surface area contributed by atoms with Gasteiger partial charge in [0.25, 0.3) is 5.91 Å². The first-order valence-electron chi connectivity index (χ1n) is 8.23. The van der Waals surface area contributed by atoms with Gasteiger partial charge in [0.15, 0.2) is 23.3 Å². The molecule has 0 aliphatic heterocycles. The standard InChI is InChI=1S/C19H13F6N3O/c1-8-18(26-19(29)10-4-3-5-11(20)6-10)9(2)28(27-8)7-12-13(21)15(23)17(25)16(24)14(12)22/h3-6H,7H2,1-2H3,(H,26,29). The summed E-state index contributed by atoms with van der Waals surface area (Å²) in [6.45, 7) is 2.16. The molecule has 0 aliphatic rings. The molecule has 1 heterocycles. The Morgan fingerprint density at radius 1 is 0.966 bits per heavy atom. The Hall–Kier alpha value is -3.30. The lowest BCUT2D eigenvalue weighted by atomic mass is 10.1. The van der Waals surface area contributed by atoms with E-state index < -0.39 is 52.9 Å². The van der Waals surface area contributed by atoms with Gasteiger partial charge in [-0.1, -0.05) is 6.07 Å². The predicted molar refractivity (Wildman–Crippen MR) is 91.4 cm³/mol. The van der Waals surface area contributed by atoms with E-state index in [4.69, 9.17) is 0 Å². The van der Waals surface area contributed by atoms with Crippen LogP contribution in [0.25, 0.3) is 0 Å². The summed E-state index contributed by atoms with van der Waals surface area (Å²) in [4.78, 5) is 12.3. The lowest BCUT2D eigenvalue weighted by molar-refractivity contribution is 0.102. The molecule has 29 heavy (non-hydrogen) atoms. The van der Waals surface area contributed by atoms with Crippen LogP contribution in [0.5, 0.6) is 0 Å². The zero-order valence-corrected chi connectivity index (χ0v) is 15.1. The molecular formula is C19H13F6N3O. The molecule has 0 spiro atoms. The summed E-state index contributed by atoms with van der Waals surface area (Å²) in [5.74, 6) is -11.6. The maximum absolute atomic E-state index is 13.9. The van der Waals surface area contributed by atoms with Crippen molar-refractivity contribution in [1.82, 2.24) is 9.78 Å². The van der Waals surface area contributed by atoms with Crippen LogP contribution in [0.1, 0.15) is 27.3 Å². The fraction of sp³-hybridized carbons (Fsp3) is 0.158. The number of halogens is 6. The molecule has 1 amide bonds. The van der Waals surface area contributed by atoms with Gasteiger partial charge >= 0.3 is 0 Å². The molecule has 1 N–H and O–H groups in total. The smallest absolute Gasteiger partial charge is 0.255 e. The predicted octanol–water partition coefficient (Wildman–Crippen LogP) is 4.64. The Kier molecular flexibility index (Phi) is 5.36. The SMILES string of the molecule is Cc1nn(Cc2c(F)c(F)c(F)c(F)c2F)c(C)c1NC(=O)c1cccc(F)c1. The number of carbonyl (C=O) groups excluding carboxylic acids is 1. The maximum Gasteiger partial charge on any atom is 0.255 e. The van der Waals surface area contributed by atoms with Gasteiger partial charge in [0.05, 0.1) is 29.2 Å². The fourth-order valence-electron chi connectivity index (χ4n) is 2.79. The first kappa shape index (κ1) is 20.4. The van der Waals surface area contributed by atoms with Gasteiger partial charge in [-0.25, -0.2) is 26.3 Å². The van der Waals surface area contributed by atoms with Crippen molar-refractivity contribution in [3.63, 3.8) is 0 Å². The molecule has 0 bridgehead atoms. The third kappa shape index (κ3) is 3.69. The van der Waals surface area contributed by atoms with E-state index in [-0.39, 0.29) is 22.6 Å². The van der Waals surface area contributed by atoms with E-state index >= 15 is 0 Å². The van der Waals surface area contributed by atoms with Gasteiger partial charge in [0, 0.05) is 5.56 Å². The molecular weight excluding hydrogens is 400 g/mol. The number of benzene rings is 2. The zero-order valence-electron chi connectivity index (χ0n) is 15.1. The van der Waals surface area contributed by atoms with E-state index in [0.29, 0.717) is 0 Å². The Labute approximate surface area is 160 Å². The molecule has 152 valence electrons. The second-order valence-electron chi connectivity index (χ2n) is 6.22. The monoisotopic (exact) mass is 413 g/mol. The van der Waals surface area contributed by atoms with Crippen LogP contribution in [0.2, 0.25) is 0 Å². The normalized spacial score (nSPS) is 11.0. The zero-order chi connectivity index (χ0) is 21.5. The van der Waals surface area contributed by atoms with E-state index in [1.165, 1.54) is 26.0 Å². The largest absolute Gasteiger partial charge is 0.319 e. The minimum Gasteiger partial charge on any atom is -0.319 e. The van der Waals surface area contributed by atoms with Crippen molar-refractivity contribution >= 4 is 11.6 Å². The number of hydrogen-bond donors (Lipinski definition) is 1. The molecule has 0 atom stereocenters. The van der Waals surface area contributed by atoms with Gasteiger partial charge in [-0.05, 0) is 32.0 Å². The highest BCUT2D eigenvalue weighted by atomic mass is 19.2. The molecule has 0 radical (unpaired) electrons. The van der Waals surface area contributed by atoms with E-state index in [1.54, 1.807) is 0 Å². The van der Waals surface area contributed by atoms with Crippen LogP contribution in [0.15, 0.2) is 24.3 Å². The van der Waals surface area contributed by atoms with Crippen molar-refractivity contribution < 1.29 is 31.1 Å². The molecule has 0 unspecified atom stereocenters. The second kappa shape index (κ2) is 7.61. The first-order chi connectivity index (χ1) is 13.6. The van der Waals surface area contributed by atoms with Crippen molar-refractivity contribution in [3.8, 4) is 0 Å². The molecule has 0 saturated heterocycles. The second-order valence-corrected chi connectivity index (χ2v) is 6.22. The number of nitrogens with one attached hydrogen (secondary N) is 1. The summed E-state index contributed by atoms with van der Waals surface area (Å²) in [6, 6.07) is 4.90. The Morgan fingerprint density at radius 3 is 2.14 bits per heavy atom. The van der Waals surface area contributed by atoms with Crippen LogP contribution >= 0.6 is 0 Å². The highest BCUT2D eigenvalue weighted by Gasteiger charge is 2.27. The van der Waals surface area contributed by atoms with Crippen LogP contribution in [-0.2, 0) is 6.54 Å². The number of hydrogen-bond acceptors (Lipinski definition) is 2. The average Bonchev–Trinajstić information content (AvgIpc) is 2.95. The van der Waals surface area contributed by atoms with E-state index in [1.807, 2.05) is 0 Å². The Morgan fingerprint density at radius 2 is 1.55 bits per heavy atom. The highest BCUT2D eigenvalue weighted by molar-refractivity contribution is 6.04. The number of amides is 1. The number of rotatable bonds is 4. The fourth-order valence-corrected chi connectivity index (χ4v) is 2.79. The van der Waals surface area contributed by atoms with Crippen LogP contribution in [0, 0.1) is 48.8 Å². The topological polar surface area (TPSA) is 46.9 Å². The lowest BCUT2D eigenvalue weighted by Crippen LogP contribution is -2.14. The number of nitrogens with zero attached hydrogens (tertiary/aromatic N) is 2. The Balaban J connectivity index is 1.94. The minimum atomic E-state index is -2.25. The molecule has 3 aromatic rings. The number of carbonyl (C=O) groups is 1. The lowest BCUT2D eigenvalue weighted by Gasteiger charge is -2.10. The molecule has 3 rings (SSSR count). The molecule has 0 aliphatic carbocycles. The summed E-state index contributed by atoms with van der Waals surface area (Å²) in [5.41, 5.74) is -0.429. The minimum absolute atomic E-state index is 0.0244. The van der Waals surface area contributed by atoms with Gasteiger partial charge in [0.2, 0.25) is 5.82 Å². The van der Waals surface area contributed by atoms with Crippen LogP contribution < -0.4 is 5.32 Å². The highest BCUT2D eigenvalue weighted by Crippen LogP contribution is 2.26. The summed E-state index contributed by atoms with van der Waals surface area (Å²) < 4.78 is 82.1. The van der Waals surface area contributed by atoms with E-state index in [9.17, 15) is 31.1 Å². The molecule has 10 heteroatoms. The third-order valence-corrected chi connectivity index (χ3v) is 4.32.